The number of nitrogens with two attached hydrogens (primary N) is 1. The highest BCUT2D eigenvalue weighted by molar-refractivity contribution is 5.93. The van der Waals surface area contributed by atoms with Crippen LogP contribution in [0.1, 0.15) is 13.8 Å². The molecule has 0 unspecified atom stereocenters. The van der Waals surface area contributed by atoms with Crippen molar-refractivity contribution in [1.29, 1.82) is 0 Å². The fraction of sp³-hybridized carbons (Fsp3) is 0.333. The van der Waals surface area contributed by atoms with Crippen molar-refractivity contribution in [2.75, 3.05) is 18.4 Å². The van der Waals surface area contributed by atoms with Crippen LogP contribution in [0.2, 0.25) is 0 Å². The topological polar surface area (TPSA) is 38.0 Å². The lowest BCUT2D eigenvalue weighted by Gasteiger charge is -2.23. The third-order valence-electron chi connectivity index (χ3n) is 3.10. The van der Waals surface area contributed by atoms with E-state index >= 15 is 0 Å². The number of hydrogen-bond donors (Lipinski definition) is 2. The van der Waals surface area contributed by atoms with E-state index in [0.29, 0.717) is 6.54 Å². The zero-order valence-electron chi connectivity index (χ0n) is 10.5. The number of rotatable bonds is 4. The van der Waals surface area contributed by atoms with Gasteiger partial charge in [-0.15, -0.1) is 0 Å². The summed E-state index contributed by atoms with van der Waals surface area (Å²) < 4.78 is 0. The molecule has 0 heterocycles. The van der Waals surface area contributed by atoms with Crippen LogP contribution in [0.25, 0.3) is 10.8 Å². The SMILES string of the molecule is CC(C)(CN)CNc1cccc2ccccc12. The van der Waals surface area contributed by atoms with E-state index in [1.54, 1.807) is 0 Å². The predicted molar refractivity (Wildman–Crippen MR) is 75.3 cm³/mol. The van der Waals surface area contributed by atoms with E-state index in [-0.39, 0.29) is 5.41 Å². The fourth-order valence-electron chi connectivity index (χ4n) is 1.79. The van der Waals surface area contributed by atoms with Gasteiger partial charge < -0.3 is 11.1 Å². The van der Waals surface area contributed by atoms with E-state index in [1.807, 2.05) is 0 Å². The molecule has 2 rings (SSSR count). The van der Waals surface area contributed by atoms with Crippen LogP contribution in [-0.4, -0.2) is 13.1 Å². The first-order chi connectivity index (χ1) is 8.12. The molecule has 0 aliphatic heterocycles. The number of fused-ring (bicyclic) bond motifs is 1. The highest BCUT2D eigenvalue weighted by atomic mass is 14.9. The number of nitrogens with one attached hydrogen (secondary N) is 1. The molecule has 90 valence electrons. The Morgan fingerprint density at radius 1 is 1.06 bits per heavy atom. The first kappa shape index (κ1) is 11.9. The Kier molecular flexibility index (Phi) is 3.34. The summed E-state index contributed by atoms with van der Waals surface area (Å²) in [6.45, 7) is 5.92. The highest BCUT2D eigenvalue weighted by Gasteiger charge is 2.15. The molecule has 0 saturated heterocycles. The first-order valence-electron chi connectivity index (χ1n) is 6.04. The van der Waals surface area contributed by atoms with Crippen LogP contribution in [-0.2, 0) is 0 Å². The zero-order chi connectivity index (χ0) is 12.3. The van der Waals surface area contributed by atoms with E-state index in [9.17, 15) is 0 Å². The molecule has 0 fully saturated rings. The van der Waals surface area contributed by atoms with Gasteiger partial charge >= 0.3 is 0 Å². The molecular weight excluding hydrogens is 208 g/mol. The maximum Gasteiger partial charge on any atom is 0.0420 e. The summed E-state index contributed by atoms with van der Waals surface area (Å²) in [4.78, 5) is 0. The molecule has 0 saturated carbocycles. The summed E-state index contributed by atoms with van der Waals surface area (Å²) in [7, 11) is 0. The van der Waals surface area contributed by atoms with Crippen molar-refractivity contribution in [3.63, 3.8) is 0 Å². The predicted octanol–water partition coefficient (Wildman–Crippen LogP) is 3.24. The van der Waals surface area contributed by atoms with Gasteiger partial charge in [-0.05, 0) is 23.4 Å². The quantitative estimate of drug-likeness (QED) is 0.843. The van der Waals surface area contributed by atoms with Crippen LogP contribution in [0.3, 0.4) is 0 Å². The van der Waals surface area contributed by atoms with Crippen LogP contribution < -0.4 is 11.1 Å². The molecule has 2 heteroatoms. The normalized spacial score (nSPS) is 11.7. The van der Waals surface area contributed by atoms with E-state index in [1.165, 1.54) is 16.5 Å². The summed E-state index contributed by atoms with van der Waals surface area (Å²) in [6, 6.07) is 14.8. The van der Waals surface area contributed by atoms with Crippen LogP contribution in [0.4, 0.5) is 5.69 Å². The Labute approximate surface area is 103 Å². The molecule has 0 amide bonds. The Morgan fingerprint density at radius 2 is 1.76 bits per heavy atom. The third-order valence-corrected chi connectivity index (χ3v) is 3.10. The molecule has 2 nitrogen and oxygen atoms in total. The number of benzene rings is 2. The van der Waals surface area contributed by atoms with E-state index in [4.69, 9.17) is 5.73 Å². The average Bonchev–Trinajstić information content (AvgIpc) is 2.36. The van der Waals surface area contributed by atoms with E-state index < -0.39 is 0 Å². The molecule has 0 spiro atoms. The molecule has 0 aliphatic carbocycles. The van der Waals surface area contributed by atoms with Gasteiger partial charge in [0.1, 0.15) is 0 Å². The summed E-state index contributed by atoms with van der Waals surface area (Å²) in [5.41, 5.74) is 7.05. The first-order valence-corrected chi connectivity index (χ1v) is 6.04. The lowest BCUT2D eigenvalue weighted by atomic mass is 9.93. The third kappa shape index (κ3) is 2.77. The smallest absolute Gasteiger partial charge is 0.0420 e. The molecule has 2 aromatic rings. The Bertz CT molecular complexity index is 498. The van der Waals surface area contributed by atoms with Gasteiger partial charge in [0.05, 0.1) is 0 Å². The molecule has 3 N–H and O–H groups in total. The van der Waals surface area contributed by atoms with Gasteiger partial charge in [-0.2, -0.15) is 0 Å². The van der Waals surface area contributed by atoms with Crippen molar-refractivity contribution in [2.24, 2.45) is 11.1 Å². The minimum atomic E-state index is 0.122. The van der Waals surface area contributed by atoms with Crippen LogP contribution >= 0.6 is 0 Å². The zero-order valence-corrected chi connectivity index (χ0v) is 10.5. The largest absolute Gasteiger partial charge is 0.384 e. The van der Waals surface area contributed by atoms with Gasteiger partial charge in [0, 0.05) is 17.6 Å². The van der Waals surface area contributed by atoms with Gasteiger partial charge in [0.25, 0.3) is 0 Å². The second-order valence-electron chi connectivity index (χ2n) is 5.25. The molecule has 0 radical (unpaired) electrons. The molecule has 0 aromatic heterocycles. The molecule has 2 aromatic carbocycles. The Balaban J connectivity index is 2.24. The fourth-order valence-corrected chi connectivity index (χ4v) is 1.79. The maximum atomic E-state index is 5.74. The second-order valence-corrected chi connectivity index (χ2v) is 5.25. The van der Waals surface area contributed by atoms with Gasteiger partial charge in [-0.1, -0.05) is 50.2 Å². The summed E-state index contributed by atoms with van der Waals surface area (Å²) in [5, 5.41) is 6.03. The van der Waals surface area contributed by atoms with Crippen LogP contribution in [0.15, 0.2) is 42.5 Å². The molecule has 0 bridgehead atoms. The highest BCUT2D eigenvalue weighted by Crippen LogP contribution is 2.24. The molecule has 17 heavy (non-hydrogen) atoms. The maximum absolute atomic E-state index is 5.74. The molecule has 0 aliphatic rings. The van der Waals surface area contributed by atoms with Crippen LogP contribution in [0, 0.1) is 5.41 Å². The van der Waals surface area contributed by atoms with E-state index in [2.05, 4.69) is 61.6 Å². The van der Waals surface area contributed by atoms with Crippen LogP contribution in [0.5, 0.6) is 0 Å². The summed E-state index contributed by atoms with van der Waals surface area (Å²) >= 11 is 0. The monoisotopic (exact) mass is 228 g/mol. The Morgan fingerprint density at radius 3 is 2.53 bits per heavy atom. The van der Waals surface area contributed by atoms with Crippen molar-refractivity contribution in [1.82, 2.24) is 0 Å². The van der Waals surface area contributed by atoms with Crippen molar-refractivity contribution in [3.05, 3.63) is 42.5 Å². The minimum Gasteiger partial charge on any atom is -0.384 e. The van der Waals surface area contributed by atoms with Crippen molar-refractivity contribution in [3.8, 4) is 0 Å². The van der Waals surface area contributed by atoms with Gasteiger partial charge in [0.2, 0.25) is 0 Å². The standard InChI is InChI=1S/C15H20N2/c1-15(2,10-16)11-17-14-9-5-7-12-6-3-4-8-13(12)14/h3-9,17H,10-11,16H2,1-2H3. The van der Waals surface area contributed by atoms with E-state index in [0.717, 1.165) is 6.54 Å². The average molecular weight is 228 g/mol. The lowest BCUT2D eigenvalue weighted by Crippen LogP contribution is -2.31. The number of anilines is 1. The number of hydrogen-bond acceptors (Lipinski definition) is 2. The van der Waals surface area contributed by atoms with Crippen molar-refractivity contribution >= 4 is 16.5 Å². The molecule has 0 atom stereocenters. The van der Waals surface area contributed by atoms with Crippen molar-refractivity contribution in [2.45, 2.75) is 13.8 Å². The lowest BCUT2D eigenvalue weighted by molar-refractivity contribution is 0.406. The summed E-state index contributed by atoms with van der Waals surface area (Å²) in [6.07, 6.45) is 0. The second kappa shape index (κ2) is 4.76. The van der Waals surface area contributed by atoms with Crippen molar-refractivity contribution < 1.29 is 0 Å². The van der Waals surface area contributed by atoms with Gasteiger partial charge in [0.15, 0.2) is 0 Å². The summed E-state index contributed by atoms with van der Waals surface area (Å²) in [5.74, 6) is 0. The minimum absolute atomic E-state index is 0.122. The van der Waals surface area contributed by atoms with Gasteiger partial charge in [-0.3, -0.25) is 0 Å². The molecular formula is C15H20N2. The van der Waals surface area contributed by atoms with Gasteiger partial charge in [-0.25, -0.2) is 0 Å². The Hall–Kier alpha value is -1.54.